The number of halogens is 2. The normalized spacial score (nSPS) is 11.1. The fourth-order valence-corrected chi connectivity index (χ4v) is 4.08. The summed E-state index contributed by atoms with van der Waals surface area (Å²) in [6.45, 7) is 0.0528. The molecule has 0 aliphatic heterocycles. The van der Waals surface area contributed by atoms with E-state index in [1.54, 1.807) is 30.6 Å². The van der Waals surface area contributed by atoms with E-state index >= 15 is 0 Å². The quantitative estimate of drug-likeness (QED) is 0.304. The third-order valence-corrected chi connectivity index (χ3v) is 5.98. The number of hydrogen-bond donors (Lipinski definition) is 3. The highest BCUT2D eigenvalue weighted by atomic mass is 35.5. The van der Waals surface area contributed by atoms with E-state index in [0.717, 1.165) is 23.4 Å². The molecule has 170 valence electrons. The van der Waals surface area contributed by atoms with E-state index in [4.69, 9.17) is 11.6 Å². The third-order valence-electron chi connectivity index (χ3n) is 5.67. The molecule has 2 aromatic carbocycles. The molecule has 5 rings (SSSR count). The zero-order chi connectivity index (χ0) is 23.5. The average molecular weight is 474 g/mol. The number of fused-ring (bicyclic) bond motifs is 1. The molecule has 34 heavy (non-hydrogen) atoms. The van der Waals surface area contributed by atoms with Crippen molar-refractivity contribution in [2.24, 2.45) is 0 Å². The Hall–Kier alpha value is -3.97. The number of nitrogens with one attached hydrogen (secondary N) is 3. The van der Waals surface area contributed by atoms with Crippen LogP contribution in [0.25, 0.3) is 10.9 Å². The molecule has 5 aromatic rings. The van der Waals surface area contributed by atoms with Gasteiger partial charge >= 0.3 is 0 Å². The summed E-state index contributed by atoms with van der Waals surface area (Å²) in [5, 5.41) is 11.0. The highest BCUT2D eigenvalue weighted by Gasteiger charge is 2.12. The van der Waals surface area contributed by atoms with E-state index in [1.165, 1.54) is 11.6 Å². The van der Waals surface area contributed by atoms with Crippen molar-refractivity contribution in [1.29, 1.82) is 0 Å². The van der Waals surface area contributed by atoms with E-state index in [2.05, 4.69) is 49.7 Å². The zero-order valence-electron chi connectivity index (χ0n) is 18.1. The largest absolute Gasteiger partial charge is 0.360 e. The molecule has 3 aromatic heterocycles. The van der Waals surface area contributed by atoms with Crippen LogP contribution < -0.4 is 5.32 Å². The predicted molar refractivity (Wildman–Crippen MR) is 129 cm³/mol. The van der Waals surface area contributed by atoms with Gasteiger partial charge < -0.3 is 10.3 Å². The summed E-state index contributed by atoms with van der Waals surface area (Å²) in [6, 6.07) is 16.7. The number of H-pyrrole nitrogens is 2. The minimum absolute atomic E-state index is 0.0528. The maximum atomic E-state index is 14.4. The molecule has 0 aliphatic carbocycles. The fourth-order valence-electron chi connectivity index (χ4n) is 3.87. The molecule has 1 amide bonds. The smallest absolute Gasteiger partial charge is 0.251 e. The van der Waals surface area contributed by atoms with Crippen LogP contribution in [-0.4, -0.2) is 26.1 Å². The molecule has 8 heteroatoms. The van der Waals surface area contributed by atoms with Crippen molar-refractivity contribution in [3.63, 3.8) is 0 Å². The Bertz CT molecular complexity index is 1440. The molecule has 3 N–H and O–H groups in total. The van der Waals surface area contributed by atoms with Crippen molar-refractivity contribution in [2.45, 2.75) is 19.4 Å². The number of aromatic amines is 2. The highest BCUT2D eigenvalue weighted by molar-refractivity contribution is 6.35. The number of aromatic nitrogens is 4. The molecule has 0 spiro atoms. The number of amides is 1. The Morgan fingerprint density at radius 3 is 2.50 bits per heavy atom. The number of carbonyl (C=O) groups excluding carboxylic acids is 1. The van der Waals surface area contributed by atoms with Crippen molar-refractivity contribution in [3.8, 4) is 0 Å². The molecule has 0 unspecified atom stereocenters. The standard InChI is InChI=1S/C26H21ClFN5O/c27-23-15-30-25-13-24(28)19(12-22(23)25)14-31-26(34)18-5-7-29-21(11-18)10-17-3-1-16(2-4-17)9-20-6-8-32-33-20/h1-8,11-13,15,30H,9-10,14H2,(H,31,34)(H,32,33). The highest BCUT2D eigenvalue weighted by Crippen LogP contribution is 2.25. The van der Waals surface area contributed by atoms with E-state index in [9.17, 15) is 9.18 Å². The van der Waals surface area contributed by atoms with Gasteiger partial charge in [-0.25, -0.2) is 4.39 Å². The van der Waals surface area contributed by atoms with Crippen molar-refractivity contribution >= 4 is 28.4 Å². The number of rotatable bonds is 7. The molecular weight excluding hydrogens is 453 g/mol. The van der Waals surface area contributed by atoms with E-state index < -0.39 is 5.82 Å². The van der Waals surface area contributed by atoms with Gasteiger partial charge in [0.2, 0.25) is 0 Å². The van der Waals surface area contributed by atoms with Gasteiger partial charge in [0.25, 0.3) is 5.91 Å². The summed E-state index contributed by atoms with van der Waals surface area (Å²) >= 11 is 6.13. The van der Waals surface area contributed by atoms with Gasteiger partial charge in [-0.15, -0.1) is 0 Å². The van der Waals surface area contributed by atoms with E-state index in [0.29, 0.717) is 33.5 Å². The van der Waals surface area contributed by atoms with Gasteiger partial charge in [-0.05, 0) is 41.5 Å². The molecule has 0 saturated heterocycles. The summed E-state index contributed by atoms with van der Waals surface area (Å²) in [6.07, 6.45) is 6.40. The Balaban J connectivity index is 1.23. The Morgan fingerprint density at radius 1 is 1.00 bits per heavy atom. The molecule has 0 aliphatic rings. The van der Waals surface area contributed by atoms with Crippen molar-refractivity contribution in [3.05, 3.63) is 118 Å². The number of benzene rings is 2. The molecule has 6 nitrogen and oxygen atoms in total. The maximum absolute atomic E-state index is 14.4. The van der Waals surface area contributed by atoms with Crippen molar-refractivity contribution < 1.29 is 9.18 Å². The molecule has 0 bridgehead atoms. The van der Waals surface area contributed by atoms with Crippen LogP contribution >= 0.6 is 11.6 Å². The average Bonchev–Trinajstić information content (AvgIpc) is 3.48. The van der Waals surface area contributed by atoms with E-state index in [-0.39, 0.29) is 12.5 Å². The lowest BCUT2D eigenvalue weighted by Crippen LogP contribution is -2.23. The van der Waals surface area contributed by atoms with Gasteiger partial charge in [0.05, 0.1) is 10.7 Å². The molecule has 0 fully saturated rings. The topological polar surface area (TPSA) is 86.5 Å². The van der Waals surface area contributed by atoms with Gasteiger partial charge in [0, 0.05) is 65.7 Å². The van der Waals surface area contributed by atoms with Crippen LogP contribution in [0.15, 0.2) is 73.2 Å². The molecule has 3 heterocycles. The van der Waals surface area contributed by atoms with Gasteiger partial charge in [-0.3, -0.25) is 14.9 Å². The van der Waals surface area contributed by atoms with Crippen LogP contribution in [0.1, 0.15) is 38.4 Å². The molecule has 0 saturated carbocycles. The Kier molecular flexibility index (Phi) is 6.10. The zero-order valence-corrected chi connectivity index (χ0v) is 18.9. The fraction of sp³-hybridized carbons (Fsp3) is 0.115. The first-order valence-electron chi connectivity index (χ1n) is 10.8. The van der Waals surface area contributed by atoms with Crippen molar-refractivity contribution in [1.82, 2.24) is 25.5 Å². The summed E-state index contributed by atoms with van der Waals surface area (Å²) in [5.74, 6) is -0.699. The van der Waals surface area contributed by atoms with Crippen LogP contribution in [0.2, 0.25) is 5.02 Å². The number of hydrogen-bond acceptors (Lipinski definition) is 3. The van der Waals surface area contributed by atoms with Crippen LogP contribution in [0.3, 0.4) is 0 Å². The molecule has 0 radical (unpaired) electrons. The van der Waals surface area contributed by atoms with Crippen LogP contribution in [0.4, 0.5) is 4.39 Å². The van der Waals surface area contributed by atoms with Gasteiger partial charge in [-0.2, -0.15) is 5.10 Å². The molecular formula is C26H21ClFN5O. The summed E-state index contributed by atoms with van der Waals surface area (Å²) in [7, 11) is 0. The van der Waals surface area contributed by atoms with Crippen LogP contribution in [-0.2, 0) is 19.4 Å². The van der Waals surface area contributed by atoms with Crippen LogP contribution in [0.5, 0.6) is 0 Å². The number of pyridine rings is 1. The van der Waals surface area contributed by atoms with Crippen molar-refractivity contribution in [2.75, 3.05) is 0 Å². The Labute approximate surface area is 200 Å². The minimum atomic E-state index is -0.405. The Morgan fingerprint density at radius 2 is 1.76 bits per heavy atom. The SMILES string of the molecule is O=C(NCc1cc2c(Cl)c[nH]c2cc1F)c1ccnc(Cc2ccc(Cc3cc[nH]n3)cc2)c1. The van der Waals surface area contributed by atoms with Gasteiger partial charge in [0.1, 0.15) is 5.82 Å². The lowest BCUT2D eigenvalue weighted by molar-refractivity contribution is 0.0950. The number of nitrogens with zero attached hydrogens (tertiary/aromatic N) is 2. The number of carbonyl (C=O) groups is 1. The summed E-state index contributed by atoms with van der Waals surface area (Å²) < 4.78 is 14.4. The second-order valence-electron chi connectivity index (χ2n) is 8.08. The van der Waals surface area contributed by atoms with E-state index in [1.807, 2.05) is 12.3 Å². The lowest BCUT2D eigenvalue weighted by Gasteiger charge is -2.09. The second kappa shape index (κ2) is 9.49. The van der Waals surface area contributed by atoms with Gasteiger partial charge in [-0.1, -0.05) is 35.9 Å². The summed E-state index contributed by atoms with van der Waals surface area (Å²) in [5.41, 5.74) is 5.49. The maximum Gasteiger partial charge on any atom is 0.251 e. The molecule has 0 atom stereocenters. The minimum Gasteiger partial charge on any atom is -0.360 e. The summed E-state index contributed by atoms with van der Waals surface area (Å²) in [4.78, 5) is 20.0. The third kappa shape index (κ3) is 4.84. The van der Waals surface area contributed by atoms with Gasteiger partial charge in [0.15, 0.2) is 0 Å². The van der Waals surface area contributed by atoms with Crippen LogP contribution in [0, 0.1) is 5.82 Å². The first-order chi connectivity index (χ1) is 16.5. The second-order valence-corrected chi connectivity index (χ2v) is 8.49. The lowest BCUT2D eigenvalue weighted by atomic mass is 10.0. The monoisotopic (exact) mass is 473 g/mol. The first kappa shape index (κ1) is 21.9. The first-order valence-corrected chi connectivity index (χ1v) is 11.2. The predicted octanol–water partition coefficient (Wildman–Crippen LogP) is 5.19.